The second-order valence-electron chi connectivity index (χ2n) is 4.84. The zero-order valence-corrected chi connectivity index (χ0v) is 13.7. The minimum absolute atomic E-state index is 0.343. The quantitative estimate of drug-likeness (QED) is 0.690. The monoisotopic (exact) mass is 334 g/mol. The Balaban J connectivity index is 1.75. The molecule has 0 unspecified atom stereocenters. The number of ether oxygens (including phenoxy) is 1. The summed E-state index contributed by atoms with van der Waals surface area (Å²) in [6, 6.07) is 7.18. The zero-order chi connectivity index (χ0) is 15.7. The molecule has 114 valence electrons. The van der Waals surface area contributed by atoms with Gasteiger partial charge in [-0.15, -0.1) is 11.8 Å². The highest BCUT2D eigenvalue weighted by atomic mass is 32.2. The number of amides is 1. The van der Waals surface area contributed by atoms with Crippen molar-refractivity contribution in [3.05, 3.63) is 41.1 Å². The van der Waals surface area contributed by atoms with Crippen LogP contribution >= 0.6 is 23.1 Å². The molecule has 1 amide bonds. The molecule has 1 aliphatic heterocycles. The van der Waals surface area contributed by atoms with E-state index in [1.54, 1.807) is 23.9 Å². The standard InChI is InChI=1S/C15H14N2O3S2/c1-8-14(21-2)22-15(16-8)17-12(18)11-7-9-5-3-4-6-10(9)13(19)20-11/h3-6,11H,7H2,1-2H3,(H,16,17,18)/t11-/m0/s1. The van der Waals surface area contributed by atoms with Crippen LogP contribution in [0.25, 0.3) is 0 Å². The van der Waals surface area contributed by atoms with Crippen molar-refractivity contribution in [1.82, 2.24) is 4.98 Å². The Kier molecular flexibility index (Phi) is 4.17. The van der Waals surface area contributed by atoms with E-state index in [-0.39, 0.29) is 5.91 Å². The summed E-state index contributed by atoms with van der Waals surface area (Å²) in [4.78, 5) is 28.5. The number of thiazole rings is 1. The number of nitrogens with zero attached hydrogens (tertiary/aromatic N) is 1. The van der Waals surface area contributed by atoms with E-state index >= 15 is 0 Å². The average molecular weight is 334 g/mol. The number of anilines is 1. The third-order valence-electron chi connectivity index (χ3n) is 3.35. The Morgan fingerprint density at radius 1 is 1.45 bits per heavy atom. The van der Waals surface area contributed by atoms with Gasteiger partial charge in [-0.25, -0.2) is 9.78 Å². The maximum atomic E-state index is 12.3. The minimum atomic E-state index is -0.815. The van der Waals surface area contributed by atoms with Crippen molar-refractivity contribution in [2.75, 3.05) is 11.6 Å². The Bertz CT molecular complexity index is 742. The van der Waals surface area contributed by atoms with E-state index in [0.717, 1.165) is 15.5 Å². The van der Waals surface area contributed by atoms with Crippen LogP contribution in [-0.2, 0) is 16.0 Å². The molecular formula is C15H14N2O3S2. The van der Waals surface area contributed by atoms with Crippen LogP contribution in [-0.4, -0.2) is 29.2 Å². The molecule has 3 rings (SSSR count). The largest absolute Gasteiger partial charge is 0.448 e. The van der Waals surface area contributed by atoms with E-state index in [0.29, 0.717) is 17.1 Å². The molecule has 0 spiro atoms. The Morgan fingerprint density at radius 2 is 2.23 bits per heavy atom. The first-order chi connectivity index (χ1) is 10.6. The number of nitrogens with one attached hydrogen (secondary N) is 1. The Morgan fingerprint density at radius 3 is 2.95 bits per heavy atom. The topological polar surface area (TPSA) is 68.3 Å². The summed E-state index contributed by atoms with van der Waals surface area (Å²) in [5, 5.41) is 3.27. The second-order valence-corrected chi connectivity index (χ2v) is 6.91. The molecule has 2 heterocycles. The molecule has 1 atom stereocenters. The number of fused-ring (bicyclic) bond motifs is 1. The maximum absolute atomic E-state index is 12.3. The van der Waals surface area contributed by atoms with Crippen molar-refractivity contribution in [3.8, 4) is 0 Å². The van der Waals surface area contributed by atoms with Gasteiger partial charge in [0.05, 0.1) is 15.5 Å². The summed E-state index contributed by atoms with van der Waals surface area (Å²) in [5.41, 5.74) is 2.25. The van der Waals surface area contributed by atoms with Gasteiger partial charge in [-0.3, -0.25) is 10.1 Å². The van der Waals surface area contributed by atoms with Gasteiger partial charge in [0.2, 0.25) is 0 Å². The van der Waals surface area contributed by atoms with E-state index in [1.165, 1.54) is 11.3 Å². The number of thioether (sulfide) groups is 1. The van der Waals surface area contributed by atoms with Crippen molar-refractivity contribution >= 4 is 40.1 Å². The van der Waals surface area contributed by atoms with E-state index in [1.807, 2.05) is 25.3 Å². The van der Waals surface area contributed by atoms with E-state index < -0.39 is 12.1 Å². The van der Waals surface area contributed by atoms with Crippen LogP contribution in [0.4, 0.5) is 5.13 Å². The van der Waals surface area contributed by atoms with Gasteiger partial charge >= 0.3 is 5.97 Å². The molecule has 1 aromatic carbocycles. The van der Waals surface area contributed by atoms with Crippen LogP contribution in [0.2, 0.25) is 0 Å². The molecular weight excluding hydrogens is 320 g/mol. The van der Waals surface area contributed by atoms with Gasteiger partial charge in [0.1, 0.15) is 0 Å². The van der Waals surface area contributed by atoms with E-state index in [9.17, 15) is 9.59 Å². The van der Waals surface area contributed by atoms with Crippen molar-refractivity contribution in [2.45, 2.75) is 23.7 Å². The van der Waals surface area contributed by atoms with Gasteiger partial charge in [-0.05, 0) is 24.8 Å². The number of aromatic nitrogens is 1. The second kappa shape index (κ2) is 6.10. The summed E-state index contributed by atoms with van der Waals surface area (Å²) in [6.45, 7) is 1.90. The number of esters is 1. The highest BCUT2D eigenvalue weighted by Gasteiger charge is 2.31. The van der Waals surface area contributed by atoms with Gasteiger partial charge < -0.3 is 4.74 Å². The minimum Gasteiger partial charge on any atom is -0.448 e. The summed E-state index contributed by atoms with van der Waals surface area (Å²) in [7, 11) is 0. The lowest BCUT2D eigenvalue weighted by atomic mass is 9.98. The lowest BCUT2D eigenvalue weighted by Gasteiger charge is -2.23. The van der Waals surface area contributed by atoms with Crippen LogP contribution in [0, 0.1) is 6.92 Å². The molecule has 0 aliphatic carbocycles. The van der Waals surface area contributed by atoms with Crippen LogP contribution in [0.3, 0.4) is 0 Å². The third-order valence-corrected chi connectivity index (χ3v) is 5.64. The van der Waals surface area contributed by atoms with Crippen molar-refractivity contribution in [2.24, 2.45) is 0 Å². The van der Waals surface area contributed by atoms with Crippen molar-refractivity contribution < 1.29 is 14.3 Å². The summed E-state index contributed by atoms with van der Waals surface area (Å²) < 4.78 is 6.29. The van der Waals surface area contributed by atoms with Crippen LogP contribution in [0.15, 0.2) is 28.5 Å². The Labute approximate surface area is 136 Å². The molecule has 1 aromatic heterocycles. The van der Waals surface area contributed by atoms with Gasteiger partial charge in [0, 0.05) is 6.42 Å². The molecule has 1 N–H and O–H groups in total. The summed E-state index contributed by atoms with van der Waals surface area (Å²) in [6.07, 6.45) is 1.53. The Hall–Kier alpha value is -1.86. The highest BCUT2D eigenvalue weighted by molar-refractivity contribution is 8.00. The smallest absolute Gasteiger partial charge is 0.339 e. The van der Waals surface area contributed by atoms with Gasteiger partial charge in [-0.1, -0.05) is 29.5 Å². The van der Waals surface area contributed by atoms with Gasteiger partial charge in [0.15, 0.2) is 11.2 Å². The first kappa shape index (κ1) is 15.1. The molecule has 5 nitrogen and oxygen atoms in total. The predicted molar refractivity (Wildman–Crippen MR) is 86.6 cm³/mol. The fourth-order valence-electron chi connectivity index (χ4n) is 2.29. The SMILES string of the molecule is CSc1sc(NC(=O)[C@@H]2Cc3ccccc3C(=O)O2)nc1C. The number of benzene rings is 1. The lowest BCUT2D eigenvalue weighted by Crippen LogP contribution is -2.37. The van der Waals surface area contributed by atoms with E-state index in [2.05, 4.69) is 10.3 Å². The number of cyclic esters (lactones) is 1. The normalized spacial score (nSPS) is 16.8. The maximum Gasteiger partial charge on any atom is 0.339 e. The summed E-state index contributed by atoms with van der Waals surface area (Å²) in [5.74, 6) is -0.800. The van der Waals surface area contributed by atoms with Crippen LogP contribution < -0.4 is 5.32 Å². The molecule has 22 heavy (non-hydrogen) atoms. The third kappa shape index (κ3) is 2.86. The number of carbonyl (C=O) groups is 2. The molecule has 7 heteroatoms. The number of carbonyl (C=O) groups excluding carboxylic acids is 2. The highest BCUT2D eigenvalue weighted by Crippen LogP contribution is 2.30. The first-order valence-corrected chi connectivity index (χ1v) is 8.73. The average Bonchev–Trinajstić information content (AvgIpc) is 2.87. The molecule has 0 radical (unpaired) electrons. The molecule has 1 aliphatic rings. The molecule has 0 saturated carbocycles. The van der Waals surface area contributed by atoms with Crippen molar-refractivity contribution in [1.29, 1.82) is 0 Å². The summed E-state index contributed by atoms with van der Waals surface area (Å²) >= 11 is 3.01. The number of hydrogen-bond acceptors (Lipinski definition) is 6. The number of rotatable bonds is 3. The lowest BCUT2D eigenvalue weighted by molar-refractivity contribution is -0.125. The fourth-order valence-corrected chi connectivity index (χ4v) is 3.90. The number of hydrogen-bond donors (Lipinski definition) is 1. The molecule has 0 saturated heterocycles. The molecule has 0 fully saturated rings. The van der Waals surface area contributed by atoms with Gasteiger partial charge in [-0.2, -0.15) is 0 Å². The molecule has 2 aromatic rings. The van der Waals surface area contributed by atoms with Gasteiger partial charge in [0.25, 0.3) is 5.91 Å². The fraction of sp³-hybridized carbons (Fsp3) is 0.267. The van der Waals surface area contributed by atoms with Crippen LogP contribution in [0.1, 0.15) is 21.6 Å². The first-order valence-electron chi connectivity index (χ1n) is 6.69. The predicted octanol–water partition coefficient (Wildman–Crippen LogP) is 2.89. The van der Waals surface area contributed by atoms with Crippen molar-refractivity contribution in [3.63, 3.8) is 0 Å². The van der Waals surface area contributed by atoms with Crippen LogP contribution in [0.5, 0.6) is 0 Å². The molecule has 0 bridgehead atoms. The zero-order valence-electron chi connectivity index (χ0n) is 12.1. The number of aryl methyl sites for hydroxylation is 1. The van der Waals surface area contributed by atoms with E-state index in [4.69, 9.17) is 4.74 Å².